The first-order chi connectivity index (χ1) is 9.70. The smallest absolute Gasteiger partial charge is 0.170 e. The van der Waals surface area contributed by atoms with Crippen molar-refractivity contribution in [2.45, 2.75) is 12.3 Å². The van der Waals surface area contributed by atoms with Gasteiger partial charge in [-0.15, -0.1) is 0 Å². The molecule has 0 bridgehead atoms. The molecule has 0 radical (unpaired) electrons. The van der Waals surface area contributed by atoms with Gasteiger partial charge in [-0.25, -0.2) is 0 Å². The predicted octanol–water partition coefficient (Wildman–Crippen LogP) is 4.44. The van der Waals surface area contributed by atoms with E-state index in [2.05, 4.69) is 28.1 Å². The van der Waals surface area contributed by atoms with Crippen molar-refractivity contribution < 1.29 is 9.53 Å². The number of carbonyl (C=O) groups is 1. The molecule has 3 rings (SSSR count). The van der Waals surface area contributed by atoms with Gasteiger partial charge in [0.25, 0.3) is 0 Å². The number of methoxy groups -OCH3 is 1. The summed E-state index contributed by atoms with van der Waals surface area (Å²) in [6.45, 7) is 0. The first-order valence-corrected chi connectivity index (χ1v) is 7.42. The van der Waals surface area contributed by atoms with E-state index in [4.69, 9.17) is 4.74 Å². The first-order valence-electron chi connectivity index (χ1n) is 6.63. The Morgan fingerprint density at radius 2 is 1.95 bits per heavy atom. The van der Waals surface area contributed by atoms with Crippen molar-refractivity contribution >= 4 is 21.7 Å². The molecule has 0 heterocycles. The minimum atomic E-state index is 0.0903. The van der Waals surface area contributed by atoms with Gasteiger partial charge in [-0.05, 0) is 36.1 Å². The van der Waals surface area contributed by atoms with E-state index in [1.807, 2.05) is 36.4 Å². The number of benzene rings is 2. The third kappa shape index (κ3) is 2.50. The van der Waals surface area contributed by atoms with Crippen LogP contribution >= 0.6 is 15.9 Å². The summed E-state index contributed by atoms with van der Waals surface area (Å²) >= 11 is 3.40. The van der Waals surface area contributed by atoms with Gasteiger partial charge >= 0.3 is 0 Å². The number of ether oxygens (including phenoxy) is 1. The summed E-state index contributed by atoms with van der Waals surface area (Å²) in [5.41, 5.74) is 1.93. The van der Waals surface area contributed by atoms with Gasteiger partial charge in [0.2, 0.25) is 0 Å². The minimum absolute atomic E-state index is 0.0903. The van der Waals surface area contributed by atoms with Gasteiger partial charge in [-0.1, -0.05) is 46.3 Å². The molecule has 0 aromatic heterocycles. The quantitative estimate of drug-likeness (QED) is 0.774. The molecule has 2 unspecified atom stereocenters. The van der Waals surface area contributed by atoms with Gasteiger partial charge in [0.1, 0.15) is 5.75 Å². The largest absolute Gasteiger partial charge is 0.496 e. The van der Waals surface area contributed by atoms with Crippen molar-refractivity contribution in [3.05, 3.63) is 64.1 Å². The lowest BCUT2D eigenvalue weighted by molar-refractivity contribution is 0.0962. The van der Waals surface area contributed by atoms with E-state index < -0.39 is 0 Å². The maximum atomic E-state index is 12.6. The van der Waals surface area contributed by atoms with E-state index in [0.29, 0.717) is 17.2 Å². The van der Waals surface area contributed by atoms with E-state index in [1.165, 1.54) is 5.56 Å². The van der Waals surface area contributed by atoms with Gasteiger partial charge < -0.3 is 4.74 Å². The van der Waals surface area contributed by atoms with Crippen LogP contribution in [0.25, 0.3) is 0 Å². The fourth-order valence-corrected chi connectivity index (χ4v) is 2.96. The number of hydrogen-bond donors (Lipinski definition) is 0. The summed E-state index contributed by atoms with van der Waals surface area (Å²) in [7, 11) is 1.60. The zero-order valence-corrected chi connectivity index (χ0v) is 12.8. The van der Waals surface area contributed by atoms with Gasteiger partial charge in [0.15, 0.2) is 5.78 Å². The molecule has 0 N–H and O–H groups in total. The van der Waals surface area contributed by atoms with Crippen LogP contribution in [0.4, 0.5) is 0 Å². The van der Waals surface area contributed by atoms with E-state index in [0.717, 1.165) is 10.9 Å². The summed E-state index contributed by atoms with van der Waals surface area (Å²) in [6.07, 6.45) is 0.933. The molecule has 1 aliphatic rings. The average molecular weight is 331 g/mol. The fraction of sp³-hybridized carbons (Fsp3) is 0.235. The third-order valence-electron chi connectivity index (χ3n) is 3.78. The van der Waals surface area contributed by atoms with Crippen molar-refractivity contribution in [3.8, 4) is 5.75 Å². The van der Waals surface area contributed by atoms with E-state index in [-0.39, 0.29) is 11.7 Å². The highest BCUT2D eigenvalue weighted by molar-refractivity contribution is 9.10. The van der Waals surface area contributed by atoms with Crippen LogP contribution < -0.4 is 4.74 Å². The average Bonchev–Trinajstić information content (AvgIpc) is 3.28. The zero-order chi connectivity index (χ0) is 14.1. The number of rotatable bonds is 4. The maximum Gasteiger partial charge on any atom is 0.170 e. The third-order valence-corrected chi connectivity index (χ3v) is 4.28. The van der Waals surface area contributed by atoms with Crippen LogP contribution in [0.15, 0.2) is 53.0 Å². The Hall–Kier alpha value is -1.61. The highest BCUT2D eigenvalue weighted by Gasteiger charge is 2.44. The Morgan fingerprint density at radius 1 is 1.20 bits per heavy atom. The molecule has 0 saturated heterocycles. The molecule has 2 aromatic rings. The Kier molecular flexibility index (Phi) is 3.62. The van der Waals surface area contributed by atoms with Crippen molar-refractivity contribution in [2.24, 2.45) is 5.92 Å². The number of ketones is 1. The van der Waals surface area contributed by atoms with Gasteiger partial charge in [0, 0.05) is 10.4 Å². The molecule has 2 aromatic carbocycles. The van der Waals surface area contributed by atoms with Crippen LogP contribution in [-0.2, 0) is 0 Å². The molecule has 1 saturated carbocycles. The van der Waals surface area contributed by atoms with E-state index in [1.54, 1.807) is 7.11 Å². The molecule has 1 aliphatic carbocycles. The summed E-state index contributed by atoms with van der Waals surface area (Å²) in [4.78, 5) is 12.6. The van der Waals surface area contributed by atoms with E-state index in [9.17, 15) is 4.79 Å². The molecule has 20 heavy (non-hydrogen) atoms. The van der Waals surface area contributed by atoms with Crippen LogP contribution in [0.3, 0.4) is 0 Å². The van der Waals surface area contributed by atoms with Gasteiger partial charge in [-0.3, -0.25) is 4.79 Å². The Labute approximate surface area is 126 Å². The molecule has 3 heteroatoms. The van der Waals surface area contributed by atoms with Gasteiger partial charge in [0.05, 0.1) is 12.7 Å². The van der Waals surface area contributed by atoms with Crippen LogP contribution in [0, 0.1) is 5.92 Å². The predicted molar refractivity (Wildman–Crippen MR) is 82.3 cm³/mol. The molecular formula is C17H15BrO2. The maximum absolute atomic E-state index is 12.6. The Bertz CT molecular complexity index is 637. The fourth-order valence-electron chi connectivity index (χ4n) is 2.62. The zero-order valence-electron chi connectivity index (χ0n) is 11.2. The summed E-state index contributed by atoms with van der Waals surface area (Å²) < 4.78 is 6.23. The Morgan fingerprint density at radius 3 is 2.65 bits per heavy atom. The summed E-state index contributed by atoms with van der Waals surface area (Å²) in [6, 6.07) is 15.8. The SMILES string of the molecule is COc1cc(Br)ccc1C(=O)C1CC1c1ccccc1. The molecule has 2 nitrogen and oxygen atoms in total. The van der Waals surface area contributed by atoms with Crippen LogP contribution in [0.2, 0.25) is 0 Å². The van der Waals surface area contributed by atoms with Crippen LogP contribution in [0.5, 0.6) is 5.75 Å². The van der Waals surface area contributed by atoms with Crippen LogP contribution in [-0.4, -0.2) is 12.9 Å². The second kappa shape index (κ2) is 5.41. The molecule has 102 valence electrons. The number of halogens is 1. The summed E-state index contributed by atoms with van der Waals surface area (Å²) in [5, 5.41) is 0. The lowest BCUT2D eigenvalue weighted by Crippen LogP contribution is -2.05. The lowest BCUT2D eigenvalue weighted by Gasteiger charge is -2.08. The first kappa shape index (κ1) is 13.4. The second-order valence-corrected chi connectivity index (χ2v) is 5.98. The normalized spacial score (nSPS) is 20.5. The van der Waals surface area contributed by atoms with Crippen molar-refractivity contribution in [1.82, 2.24) is 0 Å². The molecule has 0 aliphatic heterocycles. The van der Waals surface area contributed by atoms with E-state index >= 15 is 0 Å². The van der Waals surface area contributed by atoms with Crippen molar-refractivity contribution in [3.63, 3.8) is 0 Å². The monoisotopic (exact) mass is 330 g/mol. The summed E-state index contributed by atoms with van der Waals surface area (Å²) in [5.74, 6) is 1.27. The molecular weight excluding hydrogens is 316 g/mol. The Balaban J connectivity index is 1.82. The topological polar surface area (TPSA) is 26.3 Å². The number of Topliss-reactive ketones (excluding diaryl/α,β-unsaturated/α-hetero) is 1. The highest BCUT2D eigenvalue weighted by Crippen LogP contribution is 2.49. The van der Waals surface area contributed by atoms with Crippen molar-refractivity contribution in [1.29, 1.82) is 0 Å². The van der Waals surface area contributed by atoms with Crippen LogP contribution in [0.1, 0.15) is 28.3 Å². The second-order valence-electron chi connectivity index (χ2n) is 5.07. The molecule has 0 spiro atoms. The molecule has 2 atom stereocenters. The number of carbonyl (C=O) groups excluding carboxylic acids is 1. The highest BCUT2D eigenvalue weighted by atomic mass is 79.9. The van der Waals surface area contributed by atoms with Crippen molar-refractivity contribution in [2.75, 3.05) is 7.11 Å². The minimum Gasteiger partial charge on any atom is -0.496 e. The molecule has 0 amide bonds. The molecule has 1 fully saturated rings. The van der Waals surface area contributed by atoms with Gasteiger partial charge in [-0.2, -0.15) is 0 Å². The lowest BCUT2D eigenvalue weighted by atomic mass is 10.0. The standard InChI is InChI=1S/C17H15BrO2/c1-20-16-9-12(18)7-8-13(16)17(19)15-10-14(15)11-5-3-2-4-6-11/h2-9,14-15H,10H2,1H3. The number of hydrogen-bond acceptors (Lipinski definition) is 2.